The zero-order valence-electron chi connectivity index (χ0n) is 13.2. The fraction of sp³-hybridized carbons (Fsp3) is 0.588. The molecule has 0 aliphatic carbocycles. The Morgan fingerprint density at radius 1 is 1.24 bits per heavy atom. The van der Waals surface area contributed by atoms with E-state index in [1.54, 1.807) is 7.11 Å². The van der Waals surface area contributed by atoms with Gasteiger partial charge in [0.05, 0.1) is 6.61 Å². The molecule has 1 aromatic rings. The Labute approximate surface area is 128 Å². The van der Waals surface area contributed by atoms with Gasteiger partial charge in [-0.15, -0.1) is 0 Å². The molecule has 4 nitrogen and oxygen atoms in total. The van der Waals surface area contributed by atoms with Crippen LogP contribution in [0, 0.1) is 0 Å². The van der Waals surface area contributed by atoms with E-state index in [2.05, 4.69) is 41.8 Å². The van der Waals surface area contributed by atoms with Crippen molar-refractivity contribution in [2.24, 2.45) is 0 Å². The Morgan fingerprint density at radius 2 is 2.00 bits per heavy atom. The number of amides is 1. The molecule has 2 N–H and O–H groups in total. The monoisotopic (exact) mass is 292 g/mol. The zero-order chi connectivity index (χ0) is 15.3. The number of methoxy groups -OCH3 is 1. The van der Waals surface area contributed by atoms with Crippen LogP contribution in [0.15, 0.2) is 30.3 Å². The number of hydrogen-bond donors (Lipinski definition) is 2. The molecule has 1 atom stereocenters. The lowest BCUT2D eigenvalue weighted by molar-refractivity contribution is -0.121. The molecule has 1 aromatic carbocycles. The number of unbranched alkanes of at least 4 members (excludes halogenated alkanes) is 1. The number of ether oxygens (including phenoxy) is 1. The van der Waals surface area contributed by atoms with Crippen LogP contribution < -0.4 is 10.6 Å². The molecule has 0 aromatic heterocycles. The number of rotatable bonds is 11. The van der Waals surface area contributed by atoms with E-state index in [0.29, 0.717) is 32.2 Å². The predicted octanol–water partition coefficient (Wildman–Crippen LogP) is 2.66. The molecule has 0 spiro atoms. The lowest BCUT2D eigenvalue weighted by Gasteiger charge is -2.19. The first-order valence-corrected chi connectivity index (χ1v) is 7.82. The van der Waals surface area contributed by atoms with Crippen molar-refractivity contribution in [2.75, 3.05) is 26.8 Å². The Balaban J connectivity index is 2.34. The second-order valence-electron chi connectivity index (χ2n) is 5.15. The third kappa shape index (κ3) is 7.83. The van der Waals surface area contributed by atoms with Gasteiger partial charge in [-0.3, -0.25) is 4.79 Å². The normalized spacial score (nSPS) is 12.1. The fourth-order valence-electron chi connectivity index (χ4n) is 2.22. The second kappa shape index (κ2) is 11.3. The van der Waals surface area contributed by atoms with E-state index in [1.165, 1.54) is 18.4 Å². The smallest absolute Gasteiger partial charge is 0.221 e. The summed E-state index contributed by atoms with van der Waals surface area (Å²) in [7, 11) is 1.63. The van der Waals surface area contributed by atoms with Crippen molar-refractivity contribution in [1.29, 1.82) is 0 Å². The van der Waals surface area contributed by atoms with Gasteiger partial charge in [0.2, 0.25) is 5.91 Å². The van der Waals surface area contributed by atoms with E-state index >= 15 is 0 Å². The van der Waals surface area contributed by atoms with Gasteiger partial charge >= 0.3 is 0 Å². The quantitative estimate of drug-likeness (QED) is 0.617. The van der Waals surface area contributed by atoms with Crippen LogP contribution in [0.2, 0.25) is 0 Å². The minimum Gasteiger partial charge on any atom is -0.383 e. The molecule has 0 saturated carbocycles. The number of carbonyl (C=O) groups excluding carboxylic acids is 1. The number of benzene rings is 1. The topological polar surface area (TPSA) is 50.4 Å². The van der Waals surface area contributed by atoms with Crippen LogP contribution in [0.1, 0.15) is 44.2 Å². The minimum atomic E-state index is 0.0712. The maximum atomic E-state index is 11.6. The van der Waals surface area contributed by atoms with Gasteiger partial charge in [0.15, 0.2) is 0 Å². The molecule has 1 amide bonds. The molecule has 1 unspecified atom stereocenters. The first-order valence-electron chi connectivity index (χ1n) is 7.82. The van der Waals surface area contributed by atoms with Crippen molar-refractivity contribution < 1.29 is 9.53 Å². The van der Waals surface area contributed by atoms with Crippen molar-refractivity contribution in [3.8, 4) is 0 Å². The summed E-state index contributed by atoms with van der Waals surface area (Å²) in [4.78, 5) is 11.6. The summed E-state index contributed by atoms with van der Waals surface area (Å²) in [6.07, 6.45) is 3.97. The van der Waals surface area contributed by atoms with Gasteiger partial charge in [-0.25, -0.2) is 0 Å². The molecule has 118 valence electrons. The van der Waals surface area contributed by atoms with Crippen molar-refractivity contribution in [1.82, 2.24) is 10.6 Å². The summed E-state index contributed by atoms with van der Waals surface area (Å²) in [5, 5.41) is 6.34. The van der Waals surface area contributed by atoms with Gasteiger partial charge in [0.1, 0.15) is 0 Å². The Hall–Kier alpha value is -1.39. The Kier molecular flexibility index (Phi) is 9.49. The zero-order valence-corrected chi connectivity index (χ0v) is 13.2. The highest BCUT2D eigenvalue weighted by Crippen LogP contribution is 2.18. The maximum absolute atomic E-state index is 11.6. The molecule has 0 heterocycles. The van der Waals surface area contributed by atoms with Crippen LogP contribution >= 0.6 is 0 Å². The number of hydrogen-bond acceptors (Lipinski definition) is 3. The molecule has 0 aliphatic rings. The molecular weight excluding hydrogens is 264 g/mol. The predicted molar refractivity (Wildman–Crippen MR) is 86.2 cm³/mol. The van der Waals surface area contributed by atoms with Gasteiger partial charge in [-0.05, 0) is 12.0 Å². The van der Waals surface area contributed by atoms with Crippen LogP contribution in [-0.4, -0.2) is 32.7 Å². The lowest BCUT2D eigenvalue weighted by atomic mass is 10.0. The molecule has 21 heavy (non-hydrogen) atoms. The van der Waals surface area contributed by atoms with Crippen LogP contribution in [0.3, 0.4) is 0 Å². The molecular formula is C17H28N2O2. The summed E-state index contributed by atoms with van der Waals surface area (Å²) in [5.41, 5.74) is 1.30. The van der Waals surface area contributed by atoms with Gasteiger partial charge in [0, 0.05) is 32.7 Å². The lowest BCUT2D eigenvalue weighted by Crippen LogP contribution is -2.31. The summed E-state index contributed by atoms with van der Waals surface area (Å²) >= 11 is 0. The van der Waals surface area contributed by atoms with Crippen LogP contribution in [0.5, 0.6) is 0 Å². The maximum Gasteiger partial charge on any atom is 0.221 e. The average molecular weight is 292 g/mol. The molecule has 1 rings (SSSR count). The molecule has 0 saturated heterocycles. The number of carbonyl (C=O) groups is 1. The van der Waals surface area contributed by atoms with Gasteiger partial charge < -0.3 is 15.4 Å². The molecule has 0 bridgehead atoms. The minimum absolute atomic E-state index is 0.0712. The molecule has 4 heteroatoms. The van der Waals surface area contributed by atoms with E-state index in [0.717, 1.165) is 6.42 Å². The average Bonchev–Trinajstić information content (AvgIpc) is 2.52. The first kappa shape index (κ1) is 17.7. The van der Waals surface area contributed by atoms with Crippen molar-refractivity contribution in [2.45, 2.75) is 38.6 Å². The summed E-state index contributed by atoms with van der Waals surface area (Å²) in [6.45, 7) is 4.03. The first-order chi connectivity index (χ1) is 10.3. The fourth-order valence-corrected chi connectivity index (χ4v) is 2.22. The summed E-state index contributed by atoms with van der Waals surface area (Å²) < 4.78 is 4.91. The standard InChI is InChI=1S/C17H28N2O2/c1-3-4-10-16(15-8-6-5-7-9-15)18-12-11-17(20)19-13-14-21-2/h5-9,16,18H,3-4,10-14H2,1-2H3,(H,19,20). The largest absolute Gasteiger partial charge is 0.383 e. The van der Waals surface area contributed by atoms with E-state index in [-0.39, 0.29) is 5.91 Å². The number of nitrogens with one attached hydrogen (secondary N) is 2. The Bertz CT molecular complexity index is 382. The van der Waals surface area contributed by atoms with E-state index < -0.39 is 0 Å². The molecule has 0 fully saturated rings. The van der Waals surface area contributed by atoms with E-state index in [1.807, 2.05) is 6.07 Å². The van der Waals surface area contributed by atoms with Crippen LogP contribution in [-0.2, 0) is 9.53 Å². The molecule has 0 radical (unpaired) electrons. The van der Waals surface area contributed by atoms with Crippen LogP contribution in [0.4, 0.5) is 0 Å². The SMILES string of the molecule is CCCCC(NCCC(=O)NCCOC)c1ccccc1. The summed E-state index contributed by atoms with van der Waals surface area (Å²) in [5.74, 6) is 0.0712. The molecule has 0 aliphatic heterocycles. The van der Waals surface area contributed by atoms with Crippen molar-refractivity contribution in [3.05, 3.63) is 35.9 Å². The Morgan fingerprint density at radius 3 is 2.67 bits per heavy atom. The van der Waals surface area contributed by atoms with Crippen molar-refractivity contribution in [3.63, 3.8) is 0 Å². The third-order valence-electron chi connectivity index (χ3n) is 3.42. The van der Waals surface area contributed by atoms with Gasteiger partial charge in [-0.2, -0.15) is 0 Å². The summed E-state index contributed by atoms with van der Waals surface area (Å²) in [6, 6.07) is 10.8. The highest BCUT2D eigenvalue weighted by molar-refractivity contribution is 5.76. The van der Waals surface area contributed by atoms with Crippen LogP contribution in [0.25, 0.3) is 0 Å². The third-order valence-corrected chi connectivity index (χ3v) is 3.42. The van der Waals surface area contributed by atoms with Crippen molar-refractivity contribution >= 4 is 5.91 Å². The van der Waals surface area contributed by atoms with Gasteiger partial charge in [0.25, 0.3) is 0 Å². The second-order valence-corrected chi connectivity index (χ2v) is 5.15. The highest BCUT2D eigenvalue weighted by Gasteiger charge is 2.10. The highest BCUT2D eigenvalue weighted by atomic mass is 16.5. The van der Waals surface area contributed by atoms with E-state index in [4.69, 9.17) is 4.74 Å². The van der Waals surface area contributed by atoms with E-state index in [9.17, 15) is 4.79 Å². The van der Waals surface area contributed by atoms with Gasteiger partial charge in [-0.1, -0.05) is 50.1 Å².